The van der Waals surface area contributed by atoms with Crippen molar-refractivity contribution in [1.29, 1.82) is 0 Å². The lowest BCUT2D eigenvalue weighted by Gasteiger charge is -2.27. The van der Waals surface area contributed by atoms with Crippen molar-refractivity contribution in [2.75, 3.05) is 31.5 Å². The zero-order valence-corrected chi connectivity index (χ0v) is 23.2. The molecule has 10 nitrogen and oxygen atoms in total. The summed E-state index contributed by atoms with van der Waals surface area (Å²) in [4.78, 5) is 54.6. The summed E-state index contributed by atoms with van der Waals surface area (Å²) in [7, 11) is 0. The van der Waals surface area contributed by atoms with Gasteiger partial charge in [0.15, 0.2) is 5.78 Å². The molecule has 2 saturated heterocycles. The minimum atomic E-state index is -0.618. The number of likely N-dealkylation sites (tertiary alicyclic amines) is 2. The van der Waals surface area contributed by atoms with E-state index in [1.54, 1.807) is 17.0 Å². The fraction of sp³-hybridized carbons (Fsp3) is 0.355. The molecule has 0 spiro atoms. The van der Waals surface area contributed by atoms with E-state index in [9.17, 15) is 19.2 Å². The van der Waals surface area contributed by atoms with Crippen molar-refractivity contribution in [1.82, 2.24) is 15.1 Å². The number of ketones is 1. The molecule has 41 heavy (non-hydrogen) atoms. The highest BCUT2D eigenvalue weighted by Gasteiger charge is 2.30. The summed E-state index contributed by atoms with van der Waals surface area (Å²) in [5.74, 6) is 0.0462. The number of hydrogen-bond donors (Lipinski definition) is 3. The molecular weight excluding hydrogens is 522 g/mol. The molecule has 0 aliphatic carbocycles. The van der Waals surface area contributed by atoms with Crippen LogP contribution in [0.5, 0.6) is 0 Å². The highest BCUT2D eigenvalue weighted by atomic mass is 16.3. The number of benzene rings is 2. The van der Waals surface area contributed by atoms with E-state index in [0.29, 0.717) is 35.6 Å². The van der Waals surface area contributed by atoms with Crippen molar-refractivity contribution >= 4 is 40.2 Å². The quantitative estimate of drug-likeness (QED) is 0.270. The molecular formula is C31H35N5O5. The van der Waals surface area contributed by atoms with Crippen molar-refractivity contribution in [3.63, 3.8) is 0 Å². The van der Waals surface area contributed by atoms with Crippen molar-refractivity contribution in [2.45, 2.75) is 45.1 Å². The number of amides is 3. The standard InChI is InChI=1S/C31H35N5O5/c1-20-16-23-17-24(11-12-27(23)41-20)33-28(18-26(37)21-7-9-22(10-8-21)30(32)39)34-25-6-2-3-15-36(31(25)40)19-29(38)35-13-4-5-14-35/h7-12,16-18,25,33-34H,2-6,13-15,19H2,1H3,(H2,32,39)/t25-/m0/s1. The lowest BCUT2D eigenvalue weighted by Crippen LogP contribution is -2.49. The van der Waals surface area contributed by atoms with Gasteiger partial charge in [-0.2, -0.15) is 0 Å². The first kappa shape index (κ1) is 27.9. The molecule has 2 aromatic carbocycles. The number of rotatable bonds is 9. The molecule has 3 aromatic rings. The van der Waals surface area contributed by atoms with Crippen LogP contribution in [-0.4, -0.2) is 65.5 Å². The van der Waals surface area contributed by atoms with Crippen LogP contribution in [0.2, 0.25) is 0 Å². The molecule has 4 N–H and O–H groups in total. The maximum absolute atomic E-state index is 13.6. The molecule has 2 fully saturated rings. The van der Waals surface area contributed by atoms with Gasteiger partial charge in [0.2, 0.25) is 17.7 Å². The summed E-state index contributed by atoms with van der Waals surface area (Å²) >= 11 is 0. The fourth-order valence-corrected chi connectivity index (χ4v) is 5.35. The van der Waals surface area contributed by atoms with Crippen LogP contribution in [0.15, 0.2) is 64.8 Å². The predicted octanol–water partition coefficient (Wildman–Crippen LogP) is 3.57. The van der Waals surface area contributed by atoms with Crippen LogP contribution in [0.4, 0.5) is 5.69 Å². The molecule has 5 rings (SSSR count). The van der Waals surface area contributed by atoms with Crippen LogP contribution in [0.25, 0.3) is 11.0 Å². The average molecular weight is 558 g/mol. The number of nitrogens with one attached hydrogen (secondary N) is 2. The third-order valence-electron chi connectivity index (χ3n) is 7.54. The molecule has 1 atom stereocenters. The van der Waals surface area contributed by atoms with E-state index in [4.69, 9.17) is 10.2 Å². The third kappa shape index (κ3) is 6.77. The number of aryl methyl sites for hydroxylation is 1. The Balaban J connectivity index is 1.39. The molecule has 2 aliphatic rings. The van der Waals surface area contributed by atoms with Crippen LogP contribution < -0.4 is 16.4 Å². The summed E-state index contributed by atoms with van der Waals surface area (Å²) < 4.78 is 5.68. The zero-order chi connectivity index (χ0) is 28.9. The van der Waals surface area contributed by atoms with Gasteiger partial charge in [-0.1, -0.05) is 12.1 Å². The first-order valence-electron chi connectivity index (χ1n) is 14.0. The maximum atomic E-state index is 13.6. The number of allylic oxidation sites excluding steroid dienone is 1. The zero-order valence-electron chi connectivity index (χ0n) is 23.2. The lowest BCUT2D eigenvalue weighted by atomic mass is 10.1. The minimum Gasteiger partial charge on any atom is -0.461 e. The Hall–Kier alpha value is -4.60. The number of nitrogens with two attached hydrogens (primary N) is 1. The van der Waals surface area contributed by atoms with Crippen LogP contribution >= 0.6 is 0 Å². The van der Waals surface area contributed by atoms with Crippen LogP contribution in [0.1, 0.15) is 58.6 Å². The molecule has 1 aromatic heterocycles. The van der Waals surface area contributed by atoms with Gasteiger partial charge in [-0.3, -0.25) is 19.2 Å². The Kier molecular flexibility index (Phi) is 8.37. The van der Waals surface area contributed by atoms with Gasteiger partial charge in [-0.25, -0.2) is 0 Å². The third-order valence-corrected chi connectivity index (χ3v) is 7.54. The number of fused-ring (bicyclic) bond motifs is 1. The van der Waals surface area contributed by atoms with Crippen molar-refractivity contribution in [3.8, 4) is 0 Å². The number of nitrogens with zero attached hydrogens (tertiary/aromatic N) is 2. The Morgan fingerprint density at radius 3 is 2.41 bits per heavy atom. The number of hydrogen-bond acceptors (Lipinski definition) is 7. The second-order valence-electron chi connectivity index (χ2n) is 10.6. The molecule has 0 saturated carbocycles. The topological polar surface area (TPSA) is 138 Å². The molecule has 0 radical (unpaired) electrons. The van der Waals surface area contributed by atoms with Crippen molar-refractivity contribution in [3.05, 3.63) is 77.3 Å². The van der Waals surface area contributed by atoms with Crippen LogP contribution in [0.3, 0.4) is 0 Å². The minimum absolute atomic E-state index is 0.0244. The van der Waals surface area contributed by atoms with Crippen molar-refractivity contribution < 1.29 is 23.6 Å². The Bertz CT molecular complexity index is 1490. The summed E-state index contributed by atoms with van der Waals surface area (Å²) in [5, 5.41) is 7.43. The second-order valence-corrected chi connectivity index (χ2v) is 10.6. The number of carbonyl (C=O) groups is 4. The van der Waals surface area contributed by atoms with E-state index in [-0.39, 0.29) is 24.1 Å². The Morgan fingerprint density at radius 2 is 1.68 bits per heavy atom. The van der Waals surface area contributed by atoms with E-state index >= 15 is 0 Å². The molecule has 2 aliphatic heterocycles. The SMILES string of the molecule is Cc1cc2cc(NC(=CC(=O)c3ccc(C(N)=O)cc3)N[C@H]3CCCCN(CC(=O)N4CCCC4)C3=O)ccc2o1. The largest absolute Gasteiger partial charge is 0.461 e. The van der Waals surface area contributed by atoms with Gasteiger partial charge in [0, 0.05) is 47.9 Å². The summed E-state index contributed by atoms with van der Waals surface area (Å²) in [6, 6.07) is 13.0. The van der Waals surface area contributed by atoms with Crippen LogP contribution in [-0.2, 0) is 9.59 Å². The lowest BCUT2D eigenvalue weighted by molar-refractivity contribution is -0.140. The Labute approximate surface area is 238 Å². The van der Waals surface area contributed by atoms with E-state index in [0.717, 1.165) is 55.5 Å². The van der Waals surface area contributed by atoms with E-state index in [2.05, 4.69) is 10.6 Å². The van der Waals surface area contributed by atoms with Gasteiger partial charge in [-0.05, 0) is 75.4 Å². The first-order chi connectivity index (χ1) is 19.8. The van der Waals surface area contributed by atoms with E-state index in [1.165, 1.54) is 18.2 Å². The van der Waals surface area contributed by atoms with Gasteiger partial charge >= 0.3 is 0 Å². The molecule has 0 unspecified atom stereocenters. The monoisotopic (exact) mass is 557 g/mol. The maximum Gasteiger partial charge on any atom is 0.248 e. The number of furan rings is 1. The van der Waals surface area contributed by atoms with Gasteiger partial charge < -0.3 is 30.6 Å². The number of primary amides is 1. The highest BCUT2D eigenvalue weighted by molar-refractivity contribution is 6.06. The molecule has 3 amide bonds. The fourth-order valence-electron chi connectivity index (χ4n) is 5.35. The van der Waals surface area contributed by atoms with E-state index < -0.39 is 11.9 Å². The first-order valence-corrected chi connectivity index (χ1v) is 14.0. The average Bonchev–Trinajstić information content (AvgIpc) is 3.59. The van der Waals surface area contributed by atoms with Gasteiger partial charge in [0.25, 0.3) is 0 Å². The van der Waals surface area contributed by atoms with E-state index in [1.807, 2.05) is 36.1 Å². The van der Waals surface area contributed by atoms with Crippen LogP contribution in [0, 0.1) is 6.92 Å². The second kappa shape index (κ2) is 12.3. The highest BCUT2D eigenvalue weighted by Crippen LogP contribution is 2.24. The van der Waals surface area contributed by atoms with Gasteiger partial charge in [0.1, 0.15) is 23.2 Å². The van der Waals surface area contributed by atoms with Crippen molar-refractivity contribution in [2.24, 2.45) is 5.73 Å². The number of carbonyl (C=O) groups excluding carboxylic acids is 4. The normalized spacial score (nSPS) is 17.9. The smallest absolute Gasteiger partial charge is 0.248 e. The molecule has 10 heteroatoms. The summed E-state index contributed by atoms with van der Waals surface area (Å²) in [6.45, 7) is 3.93. The number of anilines is 1. The molecule has 214 valence electrons. The molecule has 0 bridgehead atoms. The molecule has 3 heterocycles. The van der Waals surface area contributed by atoms with Gasteiger partial charge in [-0.15, -0.1) is 0 Å². The summed E-state index contributed by atoms with van der Waals surface area (Å²) in [6.07, 6.45) is 5.55. The Morgan fingerprint density at radius 1 is 0.976 bits per heavy atom. The summed E-state index contributed by atoms with van der Waals surface area (Å²) in [5.41, 5.74) is 7.45. The predicted molar refractivity (Wildman–Crippen MR) is 155 cm³/mol. The van der Waals surface area contributed by atoms with Gasteiger partial charge in [0.05, 0.1) is 6.54 Å².